The Hall–Kier alpha value is -1.63. The van der Waals surface area contributed by atoms with E-state index >= 15 is 0 Å². The Bertz CT molecular complexity index is 544. The summed E-state index contributed by atoms with van der Waals surface area (Å²) < 4.78 is 0. The lowest BCUT2D eigenvalue weighted by Gasteiger charge is -2.49. The van der Waals surface area contributed by atoms with E-state index in [9.17, 15) is 14.4 Å². The number of hydrogen-bond acceptors (Lipinski definition) is 4. The van der Waals surface area contributed by atoms with E-state index in [1.165, 1.54) is 0 Å². The van der Waals surface area contributed by atoms with E-state index in [-0.39, 0.29) is 35.7 Å². The van der Waals surface area contributed by atoms with Gasteiger partial charge in [-0.1, -0.05) is 13.8 Å². The number of imide groups is 1. The van der Waals surface area contributed by atoms with Crippen molar-refractivity contribution >= 4 is 17.8 Å². The molecule has 140 valence electrons. The van der Waals surface area contributed by atoms with Gasteiger partial charge in [0.25, 0.3) is 0 Å². The number of carbonyl (C=O) groups is 3. The van der Waals surface area contributed by atoms with Crippen LogP contribution in [0.4, 0.5) is 4.79 Å². The van der Waals surface area contributed by atoms with Gasteiger partial charge in [-0.15, -0.1) is 0 Å². The minimum Gasteiger partial charge on any atom is -0.342 e. The molecule has 4 amide bonds. The van der Waals surface area contributed by atoms with Gasteiger partial charge in [0.1, 0.15) is 0 Å². The van der Waals surface area contributed by atoms with Gasteiger partial charge < -0.3 is 9.80 Å². The van der Waals surface area contributed by atoms with Crippen LogP contribution in [0.25, 0.3) is 0 Å². The molecule has 2 N–H and O–H groups in total. The number of nitrogens with zero attached hydrogens (tertiary/aromatic N) is 2. The van der Waals surface area contributed by atoms with Gasteiger partial charge in [0, 0.05) is 25.7 Å². The Morgan fingerprint density at radius 2 is 1.88 bits per heavy atom. The summed E-state index contributed by atoms with van der Waals surface area (Å²) in [4.78, 5) is 41.7. The molecule has 0 spiro atoms. The van der Waals surface area contributed by atoms with Crippen molar-refractivity contribution in [2.75, 3.05) is 19.6 Å². The third-order valence-electron chi connectivity index (χ3n) is 5.51. The van der Waals surface area contributed by atoms with E-state index in [2.05, 4.69) is 10.6 Å². The lowest BCUT2D eigenvalue weighted by molar-refractivity contribution is -0.149. The molecule has 4 atom stereocenters. The van der Waals surface area contributed by atoms with Crippen LogP contribution < -0.4 is 10.6 Å². The molecule has 3 saturated heterocycles. The van der Waals surface area contributed by atoms with Crippen LogP contribution in [0.5, 0.6) is 0 Å². The second-order valence-corrected chi connectivity index (χ2v) is 8.11. The predicted octanol–water partition coefficient (Wildman–Crippen LogP) is 1.15. The molecule has 3 heterocycles. The summed E-state index contributed by atoms with van der Waals surface area (Å²) in [7, 11) is 0. The first kappa shape index (κ1) is 18.2. The van der Waals surface area contributed by atoms with Gasteiger partial charge in [0.2, 0.25) is 11.8 Å². The molecule has 3 aliphatic heterocycles. The Balaban J connectivity index is 1.85. The van der Waals surface area contributed by atoms with Gasteiger partial charge in [0.05, 0.1) is 18.0 Å². The number of urea groups is 1. The Morgan fingerprint density at radius 3 is 2.52 bits per heavy atom. The van der Waals surface area contributed by atoms with Gasteiger partial charge in [0.15, 0.2) is 0 Å². The molecular weight excluding hydrogens is 320 g/mol. The highest BCUT2D eigenvalue weighted by atomic mass is 16.2. The number of rotatable bonds is 3. The number of hydrogen-bond donors (Lipinski definition) is 2. The van der Waals surface area contributed by atoms with Crippen molar-refractivity contribution in [1.29, 1.82) is 0 Å². The number of nitrogens with one attached hydrogen (secondary N) is 2. The fourth-order valence-electron chi connectivity index (χ4n) is 4.40. The van der Waals surface area contributed by atoms with Crippen molar-refractivity contribution in [2.24, 2.45) is 17.8 Å². The highest BCUT2D eigenvalue weighted by Crippen LogP contribution is 2.33. The van der Waals surface area contributed by atoms with Crippen molar-refractivity contribution in [3.63, 3.8) is 0 Å². The van der Waals surface area contributed by atoms with Crippen LogP contribution in [0.1, 0.15) is 46.5 Å². The summed E-state index contributed by atoms with van der Waals surface area (Å²) in [6, 6.07) is -0.265. The van der Waals surface area contributed by atoms with Gasteiger partial charge >= 0.3 is 6.03 Å². The molecule has 3 aliphatic rings. The lowest BCUT2D eigenvalue weighted by atomic mass is 9.77. The lowest BCUT2D eigenvalue weighted by Crippen LogP contribution is -2.71. The molecule has 4 unspecified atom stereocenters. The predicted molar refractivity (Wildman–Crippen MR) is 93.5 cm³/mol. The van der Waals surface area contributed by atoms with Gasteiger partial charge in [-0.3, -0.25) is 20.2 Å². The standard InChI is InChI=1S/C18H30N4O3/c1-11(2)10-22-15-14(16(23)20-18(22)25)13(9-12(3)19-15)17(24)21-7-5-4-6-8-21/h11-15,19H,4-10H2,1-3H3,(H,20,23,25). The topological polar surface area (TPSA) is 81.8 Å². The summed E-state index contributed by atoms with van der Waals surface area (Å²) >= 11 is 0. The molecule has 7 heteroatoms. The molecule has 3 rings (SSSR count). The molecule has 0 aromatic heterocycles. The average Bonchev–Trinajstić information content (AvgIpc) is 2.57. The third kappa shape index (κ3) is 3.66. The van der Waals surface area contributed by atoms with Crippen LogP contribution in [0.3, 0.4) is 0 Å². The zero-order valence-corrected chi connectivity index (χ0v) is 15.5. The van der Waals surface area contributed by atoms with Crippen LogP contribution in [0, 0.1) is 17.8 Å². The highest BCUT2D eigenvalue weighted by molar-refractivity contribution is 6.00. The average molecular weight is 350 g/mol. The molecule has 25 heavy (non-hydrogen) atoms. The molecule has 0 bridgehead atoms. The van der Waals surface area contributed by atoms with Crippen LogP contribution >= 0.6 is 0 Å². The van der Waals surface area contributed by atoms with E-state index in [1.807, 2.05) is 25.7 Å². The third-order valence-corrected chi connectivity index (χ3v) is 5.51. The van der Waals surface area contributed by atoms with Gasteiger partial charge in [-0.25, -0.2) is 4.79 Å². The van der Waals surface area contributed by atoms with E-state index in [1.54, 1.807) is 4.90 Å². The number of amides is 4. The quantitative estimate of drug-likeness (QED) is 0.800. The Morgan fingerprint density at radius 1 is 1.20 bits per heavy atom. The largest absolute Gasteiger partial charge is 0.342 e. The Kier molecular flexibility index (Phi) is 5.32. The number of fused-ring (bicyclic) bond motifs is 1. The first-order chi connectivity index (χ1) is 11.9. The summed E-state index contributed by atoms with van der Waals surface area (Å²) in [5, 5.41) is 5.87. The van der Waals surface area contributed by atoms with E-state index in [4.69, 9.17) is 0 Å². The maximum Gasteiger partial charge on any atom is 0.325 e. The van der Waals surface area contributed by atoms with Crippen molar-refractivity contribution in [3.05, 3.63) is 0 Å². The minimum absolute atomic E-state index is 0.0806. The van der Waals surface area contributed by atoms with Crippen LogP contribution in [0.2, 0.25) is 0 Å². The monoisotopic (exact) mass is 350 g/mol. The van der Waals surface area contributed by atoms with Gasteiger partial charge in [-0.05, 0) is 38.5 Å². The van der Waals surface area contributed by atoms with Crippen LogP contribution in [-0.4, -0.2) is 59.5 Å². The van der Waals surface area contributed by atoms with Crippen molar-refractivity contribution in [1.82, 2.24) is 20.4 Å². The van der Waals surface area contributed by atoms with E-state index < -0.39 is 12.1 Å². The molecule has 0 aliphatic carbocycles. The maximum absolute atomic E-state index is 13.1. The fraction of sp³-hybridized carbons (Fsp3) is 0.833. The number of carbonyl (C=O) groups excluding carboxylic acids is 3. The first-order valence-electron chi connectivity index (χ1n) is 9.54. The number of piperidine rings is 2. The van der Waals surface area contributed by atoms with Gasteiger partial charge in [-0.2, -0.15) is 0 Å². The molecule has 0 aromatic rings. The second kappa shape index (κ2) is 7.32. The summed E-state index contributed by atoms with van der Waals surface area (Å²) in [5.41, 5.74) is 0. The smallest absolute Gasteiger partial charge is 0.325 e. The normalized spacial score (nSPS) is 33.3. The van der Waals surface area contributed by atoms with Crippen molar-refractivity contribution in [2.45, 2.75) is 58.7 Å². The zero-order valence-electron chi connectivity index (χ0n) is 15.5. The molecule has 0 aromatic carbocycles. The first-order valence-corrected chi connectivity index (χ1v) is 9.54. The minimum atomic E-state index is -0.512. The second-order valence-electron chi connectivity index (χ2n) is 8.11. The SMILES string of the molecule is CC(C)CN1C(=O)NC(=O)C2C(C(=O)N3CCCCC3)CC(C)NC21. The fourth-order valence-corrected chi connectivity index (χ4v) is 4.40. The molecular formula is C18H30N4O3. The molecule has 0 saturated carbocycles. The van der Waals surface area contributed by atoms with Crippen molar-refractivity contribution < 1.29 is 14.4 Å². The van der Waals surface area contributed by atoms with E-state index in [0.29, 0.717) is 13.0 Å². The maximum atomic E-state index is 13.1. The number of likely N-dealkylation sites (tertiary alicyclic amines) is 1. The van der Waals surface area contributed by atoms with E-state index in [0.717, 1.165) is 32.4 Å². The summed E-state index contributed by atoms with van der Waals surface area (Å²) in [6.45, 7) is 8.24. The molecule has 0 radical (unpaired) electrons. The van der Waals surface area contributed by atoms with Crippen LogP contribution in [0.15, 0.2) is 0 Å². The molecule has 7 nitrogen and oxygen atoms in total. The Labute approximate surface area is 149 Å². The summed E-state index contributed by atoms with van der Waals surface area (Å²) in [5.74, 6) is -0.819. The zero-order chi connectivity index (χ0) is 18.1. The van der Waals surface area contributed by atoms with Crippen LogP contribution in [-0.2, 0) is 9.59 Å². The highest BCUT2D eigenvalue weighted by Gasteiger charge is 2.51. The molecule has 3 fully saturated rings. The van der Waals surface area contributed by atoms with Crippen molar-refractivity contribution in [3.8, 4) is 0 Å². The summed E-state index contributed by atoms with van der Waals surface area (Å²) in [6.07, 6.45) is 3.46.